The van der Waals surface area contributed by atoms with Crippen LogP contribution in [0.3, 0.4) is 0 Å². The molecule has 0 spiro atoms. The number of nitrogens with one attached hydrogen (secondary N) is 1. The topological polar surface area (TPSA) is 35.6 Å². The molecule has 0 saturated carbocycles. The molecule has 1 aliphatic rings. The number of amides is 1. The number of nitrogens with zero attached hydrogens (tertiary/aromatic N) is 2. The Balaban J connectivity index is 1.51. The summed E-state index contributed by atoms with van der Waals surface area (Å²) in [6.07, 6.45) is 0. The second-order valence-corrected chi connectivity index (χ2v) is 7.31. The van der Waals surface area contributed by atoms with Crippen LogP contribution in [0.4, 0.5) is 5.69 Å². The first-order valence-corrected chi connectivity index (χ1v) is 9.43. The molecule has 0 aromatic heterocycles. The van der Waals surface area contributed by atoms with Gasteiger partial charge < -0.3 is 10.2 Å². The molecule has 3 rings (SSSR count). The van der Waals surface area contributed by atoms with Gasteiger partial charge in [0.05, 0.1) is 12.6 Å². The molecule has 0 bridgehead atoms. The van der Waals surface area contributed by atoms with E-state index < -0.39 is 0 Å². The van der Waals surface area contributed by atoms with Crippen molar-refractivity contribution in [2.24, 2.45) is 0 Å². The third kappa shape index (κ3) is 4.64. The Hall–Kier alpha value is -2.33. The van der Waals surface area contributed by atoms with E-state index in [4.69, 9.17) is 0 Å². The summed E-state index contributed by atoms with van der Waals surface area (Å²) >= 11 is 0. The van der Waals surface area contributed by atoms with E-state index >= 15 is 0 Å². The van der Waals surface area contributed by atoms with Crippen molar-refractivity contribution in [1.82, 2.24) is 10.2 Å². The Morgan fingerprint density at radius 1 is 1.12 bits per heavy atom. The van der Waals surface area contributed by atoms with Crippen LogP contribution < -0.4 is 10.2 Å². The van der Waals surface area contributed by atoms with Crippen LogP contribution in [0.5, 0.6) is 0 Å². The molecule has 0 radical (unpaired) electrons. The first-order valence-electron chi connectivity index (χ1n) is 9.43. The van der Waals surface area contributed by atoms with Gasteiger partial charge in [-0.1, -0.05) is 48.0 Å². The van der Waals surface area contributed by atoms with Crippen LogP contribution in [0, 0.1) is 6.92 Å². The summed E-state index contributed by atoms with van der Waals surface area (Å²) in [7, 11) is 0. The lowest BCUT2D eigenvalue weighted by molar-refractivity contribution is -0.123. The molecule has 138 valence electrons. The Morgan fingerprint density at radius 3 is 2.46 bits per heavy atom. The maximum absolute atomic E-state index is 12.4. The van der Waals surface area contributed by atoms with E-state index in [1.54, 1.807) is 0 Å². The lowest BCUT2D eigenvalue weighted by Gasteiger charge is -2.41. The van der Waals surface area contributed by atoms with Crippen molar-refractivity contribution in [2.45, 2.75) is 32.9 Å². The number of hydrogen-bond donors (Lipinski definition) is 1. The Morgan fingerprint density at radius 2 is 1.81 bits per heavy atom. The highest BCUT2D eigenvalue weighted by Crippen LogP contribution is 2.21. The highest BCUT2D eigenvalue weighted by Gasteiger charge is 2.25. The summed E-state index contributed by atoms with van der Waals surface area (Å²) in [6, 6.07) is 19.2. The monoisotopic (exact) mass is 351 g/mol. The van der Waals surface area contributed by atoms with Gasteiger partial charge in [0.2, 0.25) is 5.91 Å². The maximum atomic E-state index is 12.4. The fourth-order valence-electron chi connectivity index (χ4n) is 3.61. The normalized spacial score (nSPS) is 19.2. The molecule has 2 atom stereocenters. The molecule has 26 heavy (non-hydrogen) atoms. The van der Waals surface area contributed by atoms with Crippen molar-refractivity contribution in [2.75, 3.05) is 31.1 Å². The van der Waals surface area contributed by atoms with Gasteiger partial charge in [-0.15, -0.1) is 0 Å². The lowest BCUT2D eigenvalue weighted by Crippen LogP contribution is -2.54. The van der Waals surface area contributed by atoms with Gasteiger partial charge in [-0.25, -0.2) is 0 Å². The molecule has 1 saturated heterocycles. The Kier molecular flexibility index (Phi) is 5.94. The largest absolute Gasteiger partial charge is 0.366 e. The van der Waals surface area contributed by atoms with Gasteiger partial charge in [0, 0.05) is 31.4 Å². The van der Waals surface area contributed by atoms with Crippen LogP contribution in [-0.4, -0.2) is 43.0 Å². The van der Waals surface area contributed by atoms with Gasteiger partial charge >= 0.3 is 0 Å². The van der Waals surface area contributed by atoms with Gasteiger partial charge in [-0.05, 0) is 38.5 Å². The van der Waals surface area contributed by atoms with Gasteiger partial charge in [0.1, 0.15) is 0 Å². The van der Waals surface area contributed by atoms with Crippen LogP contribution in [0.15, 0.2) is 54.6 Å². The average Bonchev–Trinajstić information content (AvgIpc) is 2.63. The summed E-state index contributed by atoms with van der Waals surface area (Å²) in [4.78, 5) is 17.1. The fourth-order valence-corrected chi connectivity index (χ4v) is 3.61. The smallest absolute Gasteiger partial charge is 0.234 e. The molecule has 0 aliphatic carbocycles. The minimum absolute atomic E-state index is 0.0370. The first-order chi connectivity index (χ1) is 12.5. The lowest BCUT2D eigenvalue weighted by atomic mass is 10.1. The number of benzene rings is 2. The van der Waals surface area contributed by atoms with E-state index in [-0.39, 0.29) is 11.9 Å². The minimum Gasteiger partial charge on any atom is -0.366 e. The number of rotatable bonds is 5. The summed E-state index contributed by atoms with van der Waals surface area (Å²) in [5.74, 6) is 0.0948. The molecule has 1 aliphatic heterocycles. The van der Waals surface area contributed by atoms with Gasteiger partial charge in [-0.3, -0.25) is 9.69 Å². The Bertz CT molecular complexity index is 714. The van der Waals surface area contributed by atoms with E-state index in [0.717, 1.165) is 25.2 Å². The van der Waals surface area contributed by atoms with Crippen molar-refractivity contribution in [3.8, 4) is 0 Å². The second kappa shape index (κ2) is 8.37. The van der Waals surface area contributed by atoms with Crippen LogP contribution >= 0.6 is 0 Å². The quantitative estimate of drug-likeness (QED) is 0.897. The van der Waals surface area contributed by atoms with E-state index in [0.29, 0.717) is 12.6 Å². The number of anilines is 1. The zero-order valence-corrected chi connectivity index (χ0v) is 16.0. The number of hydrogen-bond acceptors (Lipinski definition) is 3. The number of piperazine rings is 1. The molecule has 1 amide bonds. The molecule has 0 unspecified atom stereocenters. The Labute approximate surface area is 156 Å². The average molecular weight is 351 g/mol. The van der Waals surface area contributed by atoms with Crippen LogP contribution in [0.1, 0.15) is 31.0 Å². The zero-order chi connectivity index (χ0) is 18.5. The van der Waals surface area contributed by atoms with E-state index in [2.05, 4.69) is 53.2 Å². The molecule has 2 aromatic carbocycles. The standard InChI is InChI=1S/C22H29N3O/c1-17-9-11-21(12-10-17)25-14-13-24(15-18(25)2)16-22(26)23-19(3)20-7-5-4-6-8-20/h4-12,18-19H,13-16H2,1-3H3,(H,23,26)/t18-,19-/m0/s1. The molecular formula is C22H29N3O. The third-order valence-corrected chi connectivity index (χ3v) is 5.12. The van der Waals surface area contributed by atoms with Crippen molar-refractivity contribution in [3.05, 3.63) is 65.7 Å². The number of aryl methyl sites for hydroxylation is 1. The van der Waals surface area contributed by atoms with E-state index in [9.17, 15) is 4.79 Å². The predicted molar refractivity (Wildman–Crippen MR) is 107 cm³/mol. The molecule has 4 nitrogen and oxygen atoms in total. The van der Waals surface area contributed by atoms with E-state index in [1.807, 2.05) is 37.3 Å². The first kappa shape index (κ1) is 18.5. The van der Waals surface area contributed by atoms with Crippen LogP contribution in [0.25, 0.3) is 0 Å². The van der Waals surface area contributed by atoms with Crippen molar-refractivity contribution in [1.29, 1.82) is 0 Å². The van der Waals surface area contributed by atoms with Crippen LogP contribution in [0.2, 0.25) is 0 Å². The van der Waals surface area contributed by atoms with Crippen molar-refractivity contribution >= 4 is 11.6 Å². The molecular weight excluding hydrogens is 322 g/mol. The number of carbonyl (C=O) groups excluding carboxylic acids is 1. The van der Waals surface area contributed by atoms with E-state index in [1.165, 1.54) is 11.3 Å². The summed E-state index contributed by atoms with van der Waals surface area (Å²) < 4.78 is 0. The maximum Gasteiger partial charge on any atom is 0.234 e. The molecule has 1 heterocycles. The summed E-state index contributed by atoms with van der Waals surface area (Å²) in [6.45, 7) is 9.60. The third-order valence-electron chi connectivity index (χ3n) is 5.12. The summed E-state index contributed by atoms with van der Waals surface area (Å²) in [5, 5.41) is 3.11. The highest BCUT2D eigenvalue weighted by atomic mass is 16.2. The van der Waals surface area contributed by atoms with Gasteiger partial charge in [0.15, 0.2) is 0 Å². The van der Waals surface area contributed by atoms with Crippen molar-refractivity contribution < 1.29 is 4.79 Å². The predicted octanol–water partition coefficient (Wildman–Crippen LogP) is 3.38. The molecule has 1 fully saturated rings. The molecule has 4 heteroatoms. The zero-order valence-electron chi connectivity index (χ0n) is 16.0. The summed E-state index contributed by atoms with van der Waals surface area (Å²) in [5.41, 5.74) is 3.69. The van der Waals surface area contributed by atoms with Gasteiger partial charge in [-0.2, -0.15) is 0 Å². The SMILES string of the molecule is Cc1ccc(N2CCN(CC(=O)N[C@@H](C)c3ccccc3)C[C@@H]2C)cc1. The molecule has 2 aromatic rings. The fraction of sp³-hybridized carbons (Fsp3) is 0.409. The van der Waals surface area contributed by atoms with Crippen molar-refractivity contribution in [3.63, 3.8) is 0 Å². The van der Waals surface area contributed by atoms with Crippen LogP contribution in [-0.2, 0) is 4.79 Å². The number of carbonyl (C=O) groups is 1. The molecule has 1 N–H and O–H groups in total. The second-order valence-electron chi connectivity index (χ2n) is 7.31. The highest BCUT2D eigenvalue weighted by molar-refractivity contribution is 5.78. The van der Waals surface area contributed by atoms with Gasteiger partial charge in [0.25, 0.3) is 0 Å². The minimum atomic E-state index is 0.0370.